The van der Waals surface area contributed by atoms with E-state index in [0.717, 1.165) is 0 Å². The van der Waals surface area contributed by atoms with Gasteiger partial charge in [-0.2, -0.15) is 0 Å². The number of nitrogens with zero attached hydrogens (tertiary/aromatic N) is 4. The Morgan fingerprint density at radius 2 is 0.477 bits per heavy atom. The Morgan fingerprint density at radius 1 is 0.295 bits per heavy atom. The van der Waals surface area contributed by atoms with Crippen LogP contribution in [-0.2, 0) is 0 Å². The Morgan fingerprint density at radius 3 is 0.682 bits per heavy atom. The normalized spacial score (nSPS) is 55.4. The van der Waals surface area contributed by atoms with Crippen LogP contribution in [0.4, 0.5) is 0 Å². The molecule has 9 fully saturated rings. The molecule has 9 saturated heterocycles. The molecule has 0 saturated carbocycles. The Labute approximate surface area is 264 Å². The lowest BCUT2D eigenvalue weighted by atomic mass is 9.82. The number of nitrogens with one attached hydrogen (secondary N) is 8. The summed E-state index contributed by atoms with van der Waals surface area (Å²) in [5.41, 5.74) is 0. The van der Waals surface area contributed by atoms with Crippen molar-refractivity contribution in [3.8, 4) is 0 Å². The van der Waals surface area contributed by atoms with Crippen molar-refractivity contribution in [1.29, 1.82) is 0 Å². The molecule has 0 aromatic carbocycles. The summed E-state index contributed by atoms with van der Waals surface area (Å²) in [5, 5.41) is 33.7. The summed E-state index contributed by atoms with van der Waals surface area (Å²) in [6, 6.07) is 0. The lowest BCUT2D eigenvalue weighted by Gasteiger charge is -2.39. The fraction of sp³-hybridized carbons (Fsp3) is 1.00. The zero-order chi connectivity index (χ0) is 29.7. The van der Waals surface area contributed by atoms with Crippen LogP contribution < -0.4 is 42.5 Å². The standard InChI is InChI=1S/C32H60N12/c1-41-9-5-17-21(13-41)29-33-25(17)38-30-23-15-43(3)11-7-19(23)27(35-30)40-32-24-16-44(4)12-8-20(24)28(36-32)39-31-22-14-42(2)10-6-18(22)26(34-31)37-29/h17-40H,5-16H2,1-4H3. The van der Waals surface area contributed by atoms with E-state index in [2.05, 4.69) is 90.3 Å². The minimum Gasteiger partial charge on any atom is -0.306 e. The zero-order valence-electron chi connectivity index (χ0n) is 27.5. The molecule has 8 unspecified atom stereocenters. The van der Waals surface area contributed by atoms with E-state index >= 15 is 0 Å². The van der Waals surface area contributed by atoms with Gasteiger partial charge in [-0.1, -0.05) is 0 Å². The lowest BCUT2D eigenvalue weighted by molar-refractivity contribution is 0.102. The van der Waals surface area contributed by atoms with Crippen LogP contribution in [-0.4, -0.2) is 149 Å². The van der Waals surface area contributed by atoms with Gasteiger partial charge >= 0.3 is 0 Å². The van der Waals surface area contributed by atoms with E-state index < -0.39 is 0 Å². The van der Waals surface area contributed by atoms with Gasteiger partial charge in [0.05, 0.1) is 49.3 Å². The molecule has 9 heterocycles. The Balaban J connectivity index is 1.06. The molecule has 8 N–H and O–H groups in total. The van der Waals surface area contributed by atoms with E-state index in [1.165, 1.54) is 78.0 Å². The van der Waals surface area contributed by atoms with Crippen molar-refractivity contribution in [2.24, 2.45) is 47.3 Å². The SMILES string of the molecule is CN1CCC2C3NC(NC4NC(NC5NC(NC6NC(N3)C3CN(C)CCC63)C3CN(C)CCC53)C3CN(C)CCC43)C2C1. The second-order valence-corrected chi connectivity index (χ2v) is 16.7. The van der Waals surface area contributed by atoms with Crippen LogP contribution in [0, 0.1) is 47.3 Å². The van der Waals surface area contributed by atoms with E-state index in [9.17, 15) is 0 Å². The molecule has 8 bridgehead atoms. The van der Waals surface area contributed by atoms with E-state index in [-0.39, 0.29) is 0 Å². The van der Waals surface area contributed by atoms with Crippen LogP contribution in [0.3, 0.4) is 0 Å². The first-order chi connectivity index (χ1) is 21.4. The maximum atomic E-state index is 4.25. The third-order valence-corrected chi connectivity index (χ3v) is 14.0. The minimum absolute atomic E-state index is 0.317. The second kappa shape index (κ2) is 11.6. The number of fused-ring (bicyclic) bond motifs is 20. The fourth-order valence-electron chi connectivity index (χ4n) is 11.7. The number of rotatable bonds is 0. The van der Waals surface area contributed by atoms with Crippen molar-refractivity contribution >= 4 is 0 Å². The first-order valence-corrected chi connectivity index (χ1v) is 18.2. The second-order valence-electron chi connectivity index (χ2n) is 16.7. The van der Waals surface area contributed by atoms with Gasteiger partial charge < -0.3 is 19.6 Å². The molecule has 12 nitrogen and oxygen atoms in total. The molecular weight excluding hydrogens is 552 g/mol. The summed E-state index contributed by atoms with van der Waals surface area (Å²) < 4.78 is 0. The molecule has 248 valence electrons. The predicted molar refractivity (Wildman–Crippen MR) is 172 cm³/mol. The first-order valence-electron chi connectivity index (χ1n) is 18.2. The molecule has 0 aromatic rings. The summed E-state index contributed by atoms with van der Waals surface area (Å²) in [6.07, 6.45) is 7.63. The predicted octanol–water partition coefficient (Wildman–Crippen LogP) is -2.35. The number of hydrogen-bond acceptors (Lipinski definition) is 12. The van der Waals surface area contributed by atoms with Gasteiger partial charge in [0.2, 0.25) is 0 Å². The molecule has 0 aromatic heterocycles. The van der Waals surface area contributed by atoms with E-state index in [4.69, 9.17) is 0 Å². The van der Waals surface area contributed by atoms with Crippen molar-refractivity contribution in [3.63, 3.8) is 0 Å². The first kappa shape index (κ1) is 29.6. The molecule has 12 heteroatoms. The van der Waals surface area contributed by atoms with Gasteiger partial charge in [-0.05, 0) is 104 Å². The summed E-state index contributed by atoms with van der Waals surface area (Å²) >= 11 is 0. The quantitative estimate of drug-likeness (QED) is 0.150. The van der Waals surface area contributed by atoms with Crippen LogP contribution in [0.2, 0.25) is 0 Å². The third-order valence-electron chi connectivity index (χ3n) is 14.0. The van der Waals surface area contributed by atoms with Crippen molar-refractivity contribution in [3.05, 3.63) is 0 Å². The summed E-state index contributed by atoms with van der Waals surface area (Å²) in [4.78, 5) is 10.3. The highest BCUT2D eigenvalue weighted by molar-refractivity contribution is 5.09. The van der Waals surface area contributed by atoms with Crippen molar-refractivity contribution < 1.29 is 0 Å². The van der Waals surface area contributed by atoms with Crippen molar-refractivity contribution in [1.82, 2.24) is 62.1 Å². The van der Waals surface area contributed by atoms with Gasteiger partial charge in [-0.15, -0.1) is 0 Å². The highest BCUT2D eigenvalue weighted by Gasteiger charge is 2.55. The maximum absolute atomic E-state index is 4.25. The molecule has 9 rings (SSSR count). The topological polar surface area (TPSA) is 109 Å². The van der Waals surface area contributed by atoms with Gasteiger partial charge in [-0.3, -0.25) is 42.5 Å². The average molecular weight is 613 g/mol. The van der Waals surface area contributed by atoms with E-state index in [0.29, 0.717) is 96.7 Å². The lowest BCUT2D eigenvalue weighted by Crippen LogP contribution is -2.62. The Hall–Kier alpha value is -0.480. The van der Waals surface area contributed by atoms with Crippen molar-refractivity contribution in [2.45, 2.75) is 75.0 Å². The summed E-state index contributed by atoms with van der Waals surface area (Å²) in [7, 11) is 9.28. The highest BCUT2D eigenvalue weighted by Crippen LogP contribution is 2.41. The monoisotopic (exact) mass is 613 g/mol. The molecule has 9 aliphatic heterocycles. The molecule has 0 radical (unpaired) electrons. The smallest absolute Gasteiger partial charge is 0.0641 e. The van der Waals surface area contributed by atoms with E-state index in [1.807, 2.05) is 0 Å². The molecule has 0 spiro atoms. The van der Waals surface area contributed by atoms with Crippen molar-refractivity contribution in [2.75, 3.05) is 80.5 Å². The molecule has 8 atom stereocenters. The van der Waals surface area contributed by atoms with Crippen LogP contribution in [0.5, 0.6) is 0 Å². The van der Waals surface area contributed by atoms with Gasteiger partial charge in [0.15, 0.2) is 0 Å². The van der Waals surface area contributed by atoms with Gasteiger partial charge in [0.25, 0.3) is 0 Å². The average Bonchev–Trinajstić information content (AvgIpc) is 3.71. The van der Waals surface area contributed by atoms with Gasteiger partial charge in [-0.25, -0.2) is 0 Å². The molecule has 9 aliphatic rings. The molecule has 0 aliphatic carbocycles. The highest BCUT2D eigenvalue weighted by atomic mass is 15.4. The third kappa shape index (κ3) is 5.11. The number of likely N-dealkylation sites (tertiary alicyclic amines) is 4. The maximum Gasteiger partial charge on any atom is 0.0641 e. The molecule has 0 amide bonds. The fourth-order valence-corrected chi connectivity index (χ4v) is 11.7. The Kier molecular flexibility index (Phi) is 7.81. The van der Waals surface area contributed by atoms with Gasteiger partial charge in [0, 0.05) is 49.9 Å². The van der Waals surface area contributed by atoms with Crippen LogP contribution in [0.25, 0.3) is 0 Å². The zero-order valence-corrected chi connectivity index (χ0v) is 27.5. The Bertz CT molecular complexity index is 889. The largest absolute Gasteiger partial charge is 0.306 e. The summed E-state index contributed by atoms with van der Waals surface area (Å²) in [5.74, 6) is 5.02. The van der Waals surface area contributed by atoms with Gasteiger partial charge in [0.1, 0.15) is 0 Å². The molecular formula is C32H60N12. The number of hydrogen-bond donors (Lipinski definition) is 8. The molecule has 44 heavy (non-hydrogen) atoms. The van der Waals surface area contributed by atoms with Crippen LogP contribution in [0.1, 0.15) is 25.7 Å². The minimum atomic E-state index is 0.317. The summed E-state index contributed by atoms with van der Waals surface area (Å²) in [6.45, 7) is 9.45. The van der Waals surface area contributed by atoms with Crippen LogP contribution >= 0.6 is 0 Å². The van der Waals surface area contributed by atoms with Crippen LogP contribution in [0.15, 0.2) is 0 Å². The number of piperidine rings is 4. The van der Waals surface area contributed by atoms with E-state index in [1.54, 1.807) is 0 Å².